The number of nitrogens with zero attached hydrogens (tertiary/aromatic N) is 1. The van der Waals surface area contributed by atoms with Gasteiger partial charge in [0.05, 0.1) is 6.54 Å². The molecule has 2 rings (SSSR count). The zero-order valence-corrected chi connectivity index (χ0v) is 12.3. The maximum absolute atomic E-state index is 12.0. The molecule has 0 bridgehead atoms. The smallest absolute Gasteiger partial charge is 0.222 e. The average molecular weight is 289 g/mol. The van der Waals surface area contributed by atoms with Gasteiger partial charge in [0.15, 0.2) is 0 Å². The molecule has 0 saturated heterocycles. The van der Waals surface area contributed by atoms with Crippen molar-refractivity contribution in [3.05, 3.63) is 22.4 Å². The van der Waals surface area contributed by atoms with E-state index in [0.29, 0.717) is 12.3 Å². The van der Waals surface area contributed by atoms with Crippen LogP contribution in [0.5, 0.6) is 0 Å². The minimum absolute atomic E-state index is 0. The van der Waals surface area contributed by atoms with Gasteiger partial charge in [-0.3, -0.25) is 4.79 Å². The Balaban J connectivity index is 0.00000162. The van der Waals surface area contributed by atoms with E-state index < -0.39 is 0 Å². The highest BCUT2D eigenvalue weighted by Gasteiger charge is 2.27. The van der Waals surface area contributed by atoms with E-state index in [1.165, 1.54) is 11.3 Å². The maximum Gasteiger partial charge on any atom is 0.222 e. The lowest BCUT2D eigenvalue weighted by Crippen LogP contribution is -2.32. The third-order valence-corrected chi connectivity index (χ3v) is 4.41. The van der Waals surface area contributed by atoms with Gasteiger partial charge in [-0.25, -0.2) is 0 Å². The molecule has 1 aliphatic rings. The van der Waals surface area contributed by atoms with Crippen LogP contribution in [-0.4, -0.2) is 23.9 Å². The number of carbonyl (C=O) groups excluding carboxylic acids is 1. The number of halogens is 1. The molecular weight excluding hydrogens is 268 g/mol. The number of nitrogens with two attached hydrogens (primary N) is 1. The van der Waals surface area contributed by atoms with Crippen molar-refractivity contribution in [3.63, 3.8) is 0 Å². The Morgan fingerprint density at radius 2 is 2.33 bits per heavy atom. The number of carbonyl (C=O) groups is 1. The summed E-state index contributed by atoms with van der Waals surface area (Å²) < 4.78 is 0. The molecule has 3 nitrogen and oxygen atoms in total. The summed E-state index contributed by atoms with van der Waals surface area (Å²) in [4.78, 5) is 15.1. The number of rotatable bonds is 4. The third kappa shape index (κ3) is 3.97. The molecule has 1 aliphatic carbocycles. The van der Waals surface area contributed by atoms with Crippen LogP contribution in [0.1, 0.15) is 30.6 Å². The zero-order valence-electron chi connectivity index (χ0n) is 10.7. The largest absolute Gasteiger partial charge is 0.341 e. The minimum atomic E-state index is 0. The highest BCUT2D eigenvalue weighted by atomic mass is 35.5. The SMILES string of the molecule is CN(Cc1cccs1)C(=O)C[C@@H]1CCC[C@H]1N.Cl. The number of amides is 1. The highest BCUT2D eigenvalue weighted by Crippen LogP contribution is 2.27. The topological polar surface area (TPSA) is 46.3 Å². The Morgan fingerprint density at radius 3 is 2.89 bits per heavy atom. The van der Waals surface area contributed by atoms with E-state index in [1.54, 1.807) is 11.3 Å². The summed E-state index contributed by atoms with van der Waals surface area (Å²) in [6.07, 6.45) is 3.98. The van der Waals surface area contributed by atoms with E-state index in [9.17, 15) is 4.79 Å². The molecule has 1 heterocycles. The first kappa shape index (κ1) is 15.5. The van der Waals surface area contributed by atoms with Gasteiger partial charge in [-0.15, -0.1) is 23.7 Å². The normalized spacial score (nSPS) is 22.6. The van der Waals surface area contributed by atoms with Crippen molar-refractivity contribution >= 4 is 29.7 Å². The molecule has 1 aromatic heterocycles. The molecular formula is C13H21ClN2OS. The molecule has 1 saturated carbocycles. The summed E-state index contributed by atoms with van der Waals surface area (Å²) in [7, 11) is 1.88. The van der Waals surface area contributed by atoms with Crippen molar-refractivity contribution in [2.75, 3.05) is 7.05 Å². The van der Waals surface area contributed by atoms with Gasteiger partial charge in [0.2, 0.25) is 5.91 Å². The van der Waals surface area contributed by atoms with Gasteiger partial charge in [-0.2, -0.15) is 0 Å². The fourth-order valence-corrected chi connectivity index (χ4v) is 3.18. The van der Waals surface area contributed by atoms with Crippen LogP contribution in [0.2, 0.25) is 0 Å². The molecule has 0 aromatic carbocycles. The fraction of sp³-hybridized carbons (Fsp3) is 0.615. The molecule has 1 amide bonds. The first-order valence-electron chi connectivity index (χ1n) is 6.18. The Labute approximate surface area is 119 Å². The second-order valence-electron chi connectivity index (χ2n) is 4.89. The van der Waals surface area contributed by atoms with Gasteiger partial charge in [-0.1, -0.05) is 12.5 Å². The van der Waals surface area contributed by atoms with Crippen molar-refractivity contribution < 1.29 is 4.79 Å². The average Bonchev–Trinajstić information content (AvgIpc) is 2.91. The molecule has 0 unspecified atom stereocenters. The summed E-state index contributed by atoms with van der Waals surface area (Å²) in [6, 6.07) is 4.31. The lowest BCUT2D eigenvalue weighted by atomic mass is 9.99. The fourth-order valence-electron chi connectivity index (χ4n) is 2.42. The monoisotopic (exact) mass is 288 g/mol. The first-order valence-corrected chi connectivity index (χ1v) is 7.06. The van der Waals surface area contributed by atoms with Gasteiger partial charge in [-0.05, 0) is 30.2 Å². The van der Waals surface area contributed by atoms with E-state index in [0.717, 1.165) is 19.4 Å². The summed E-state index contributed by atoms with van der Waals surface area (Å²) in [5.74, 6) is 0.619. The van der Waals surface area contributed by atoms with Crippen LogP contribution in [0.25, 0.3) is 0 Å². The lowest BCUT2D eigenvalue weighted by molar-refractivity contribution is -0.131. The van der Waals surface area contributed by atoms with Crippen LogP contribution in [0.3, 0.4) is 0 Å². The van der Waals surface area contributed by atoms with Gasteiger partial charge >= 0.3 is 0 Å². The quantitative estimate of drug-likeness (QED) is 0.926. The van der Waals surface area contributed by atoms with E-state index in [-0.39, 0.29) is 24.4 Å². The molecule has 0 radical (unpaired) electrons. The Hall–Kier alpha value is -0.580. The Bertz CT molecular complexity index is 369. The molecule has 1 fully saturated rings. The van der Waals surface area contributed by atoms with Gasteiger partial charge in [0.25, 0.3) is 0 Å². The van der Waals surface area contributed by atoms with Crippen LogP contribution in [0.15, 0.2) is 17.5 Å². The van der Waals surface area contributed by atoms with Gasteiger partial charge in [0.1, 0.15) is 0 Å². The molecule has 2 N–H and O–H groups in total. The van der Waals surface area contributed by atoms with Crippen molar-refractivity contribution in [3.8, 4) is 0 Å². The summed E-state index contributed by atoms with van der Waals surface area (Å²) in [5, 5.41) is 2.04. The second-order valence-corrected chi connectivity index (χ2v) is 5.92. The van der Waals surface area contributed by atoms with Crippen LogP contribution in [-0.2, 0) is 11.3 Å². The van der Waals surface area contributed by atoms with Crippen LogP contribution < -0.4 is 5.73 Å². The molecule has 0 spiro atoms. The predicted molar refractivity (Wildman–Crippen MR) is 78.0 cm³/mol. The third-order valence-electron chi connectivity index (χ3n) is 3.55. The zero-order chi connectivity index (χ0) is 12.3. The van der Waals surface area contributed by atoms with Crippen molar-refractivity contribution in [2.45, 2.75) is 38.3 Å². The van der Waals surface area contributed by atoms with E-state index in [4.69, 9.17) is 5.73 Å². The Kier molecular flexibility index (Phi) is 6.12. The number of hydrogen-bond donors (Lipinski definition) is 1. The molecule has 2 atom stereocenters. The standard InChI is InChI=1S/C13H20N2OS.ClH/c1-15(9-11-5-3-7-17-11)13(16)8-10-4-2-6-12(10)14;/h3,5,7,10,12H,2,4,6,8-9,14H2,1H3;1H/t10-,12+;/m0./s1. The van der Waals surface area contributed by atoms with E-state index in [2.05, 4.69) is 6.07 Å². The highest BCUT2D eigenvalue weighted by molar-refractivity contribution is 7.09. The minimum Gasteiger partial charge on any atom is -0.341 e. The molecule has 1 aromatic rings. The van der Waals surface area contributed by atoms with Crippen molar-refractivity contribution in [1.82, 2.24) is 4.90 Å². The van der Waals surface area contributed by atoms with E-state index in [1.807, 2.05) is 23.4 Å². The van der Waals surface area contributed by atoms with Crippen LogP contribution >= 0.6 is 23.7 Å². The lowest BCUT2D eigenvalue weighted by Gasteiger charge is -2.20. The molecule has 102 valence electrons. The van der Waals surface area contributed by atoms with Crippen LogP contribution in [0.4, 0.5) is 0 Å². The second kappa shape index (κ2) is 7.12. The molecule has 5 heteroatoms. The predicted octanol–water partition coefficient (Wildman–Crippen LogP) is 2.65. The van der Waals surface area contributed by atoms with Gasteiger partial charge in [0, 0.05) is 24.4 Å². The maximum atomic E-state index is 12.0. The number of thiophene rings is 1. The summed E-state index contributed by atoms with van der Waals surface area (Å²) >= 11 is 1.69. The van der Waals surface area contributed by atoms with Gasteiger partial charge < -0.3 is 10.6 Å². The number of hydrogen-bond acceptors (Lipinski definition) is 3. The van der Waals surface area contributed by atoms with Crippen molar-refractivity contribution in [1.29, 1.82) is 0 Å². The van der Waals surface area contributed by atoms with Crippen molar-refractivity contribution in [2.24, 2.45) is 11.7 Å². The summed E-state index contributed by atoms with van der Waals surface area (Å²) in [5.41, 5.74) is 5.99. The Morgan fingerprint density at radius 1 is 1.56 bits per heavy atom. The summed E-state index contributed by atoms with van der Waals surface area (Å²) in [6.45, 7) is 0.721. The van der Waals surface area contributed by atoms with E-state index >= 15 is 0 Å². The van der Waals surface area contributed by atoms with Crippen LogP contribution in [0, 0.1) is 5.92 Å². The first-order chi connectivity index (χ1) is 8.16. The molecule has 0 aliphatic heterocycles. The molecule has 18 heavy (non-hydrogen) atoms.